The van der Waals surface area contributed by atoms with Crippen LogP contribution in [-0.2, 0) is 27.4 Å². The van der Waals surface area contributed by atoms with Crippen LogP contribution in [0.2, 0.25) is 0 Å². The number of anilines is 1. The Hall–Kier alpha value is -3.68. The molecule has 0 spiro atoms. The van der Waals surface area contributed by atoms with Crippen LogP contribution >= 0.6 is 0 Å². The van der Waals surface area contributed by atoms with Crippen LogP contribution in [0.25, 0.3) is 5.65 Å². The number of carbonyl (C=O) groups excluding carboxylic acids is 2. The molecule has 14 heteroatoms. The van der Waals surface area contributed by atoms with Crippen molar-refractivity contribution < 1.29 is 35.9 Å². The number of hydrogen-bond acceptors (Lipinski definition) is 7. The number of rotatable bonds is 6. The molecule has 2 N–H and O–H groups in total. The molecule has 4 heterocycles. The summed E-state index contributed by atoms with van der Waals surface area (Å²) in [4.78, 5) is 33.7. The van der Waals surface area contributed by atoms with E-state index < -0.39 is 39.0 Å². The van der Waals surface area contributed by atoms with Crippen LogP contribution in [0.3, 0.4) is 0 Å². The molecule has 0 unspecified atom stereocenters. The van der Waals surface area contributed by atoms with Crippen molar-refractivity contribution in [2.24, 2.45) is 5.73 Å². The smallest absolute Gasteiger partial charge is 0.417 e. The zero-order valence-electron chi connectivity index (χ0n) is 18.8. The van der Waals surface area contributed by atoms with Crippen molar-refractivity contribution in [1.82, 2.24) is 14.4 Å². The molecule has 0 radical (unpaired) electrons. The molecule has 0 aliphatic carbocycles. The van der Waals surface area contributed by atoms with Gasteiger partial charge < -0.3 is 10.5 Å². The van der Waals surface area contributed by atoms with Gasteiger partial charge in [-0.1, -0.05) is 6.92 Å². The van der Waals surface area contributed by atoms with Gasteiger partial charge in [0.05, 0.1) is 35.3 Å². The third kappa shape index (κ3) is 4.17. The van der Waals surface area contributed by atoms with Gasteiger partial charge in [-0.25, -0.2) is 13.4 Å². The Labute approximate surface area is 197 Å². The second-order valence-electron chi connectivity index (χ2n) is 8.32. The lowest BCUT2D eigenvalue weighted by atomic mass is 10.1. The molecule has 3 aromatic heterocycles. The highest BCUT2D eigenvalue weighted by atomic mass is 32.2. The molecule has 35 heavy (non-hydrogen) atoms. The number of pyridine rings is 2. The summed E-state index contributed by atoms with van der Waals surface area (Å²) in [6.07, 6.45) is -2.80. The van der Waals surface area contributed by atoms with Gasteiger partial charge >= 0.3 is 6.18 Å². The van der Waals surface area contributed by atoms with Crippen molar-refractivity contribution in [1.29, 1.82) is 0 Å². The molecule has 4 rings (SSSR count). The molecule has 10 nitrogen and oxygen atoms in total. The number of fused-ring (bicyclic) bond motifs is 2. The number of carbonyl (C=O) groups is 2. The topological polar surface area (TPSA) is 137 Å². The maximum absolute atomic E-state index is 13.1. The first-order chi connectivity index (χ1) is 16.2. The number of ether oxygens (including phenoxy) is 1. The monoisotopic (exact) mass is 511 g/mol. The number of imidazole rings is 1. The Balaban J connectivity index is 1.85. The molecule has 0 atom stereocenters. The van der Waals surface area contributed by atoms with E-state index in [9.17, 15) is 31.2 Å². The first-order valence-corrected chi connectivity index (χ1v) is 11.9. The Kier molecular flexibility index (Phi) is 5.54. The third-order valence-electron chi connectivity index (χ3n) is 5.51. The maximum Gasteiger partial charge on any atom is 0.417 e. The van der Waals surface area contributed by atoms with Crippen molar-refractivity contribution in [3.63, 3.8) is 0 Å². The van der Waals surface area contributed by atoms with Crippen molar-refractivity contribution in [3.05, 3.63) is 47.4 Å². The Morgan fingerprint density at radius 1 is 1.26 bits per heavy atom. The molecule has 186 valence electrons. The van der Waals surface area contributed by atoms with Gasteiger partial charge in [0.1, 0.15) is 11.4 Å². The van der Waals surface area contributed by atoms with E-state index in [0.29, 0.717) is 12.3 Å². The minimum atomic E-state index is -4.70. The molecule has 0 bridgehead atoms. The maximum atomic E-state index is 13.1. The van der Waals surface area contributed by atoms with Crippen LogP contribution in [0.4, 0.5) is 19.0 Å². The second-order valence-corrected chi connectivity index (χ2v) is 10.5. The van der Waals surface area contributed by atoms with Crippen LogP contribution < -0.4 is 15.4 Å². The summed E-state index contributed by atoms with van der Waals surface area (Å²) in [6, 6.07) is 3.54. The van der Waals surface area contributed by atoms with Crippen molar-refractivity contribution in [2.45, 2.75) is 44.1 Å². The van der Waals surface area contributed by atoms with E-state index in [1.807, 2.05) is 0 Å². The molecular formula is C21H20F3N5O5S. The fraction of sp³-hybridized carbons (Fsp3) is 0.333. The Morgan fingerprint density at radius 3 is 2.54 bits per heavy atom. The Morgan fingerprint density at radius 2 is 1.94 bits per heavy atom. The van der Waals surface area contributed by atoms with Crippen molar-refractivity contribution in [2.75, 3.05) is 10.7 Å². The number of primary amides is 1. The summed E-state index contributed by atoms with van der Waals surface area (Å²) in [5.74, 6) is -2.12. The standard InChI is InChI=1S/C21H20F3N5O5S/c1-4-35(32,33)18-16(27-15-6-5-12(9-28(15)18)34-20(2,3)19(25)31)29-10-14-13(17(29)30)7-11(8-26-14)21(22,23)24/h5-9H,4,10H2,1-3H3,(H2,25,31). The van der Waals surface area contributed by atoms with Gasteiger partial charge in [-0.05, 0) is 32.0 Å². The minimum Gasteiger partial charge on any atom is -0.476 e. The molecule has 0 aromatic carbocycles. The van der Waals surface area contributed by atoms with E-state index in [0.717, 1.165) is 4.90 Å². The van der Waals surface area contributed by atoms with E-state index in [4.69, 9.17) is 10.5 Å². The van der Waals surface area contributed by atoms with E-state index in [2.05, 4.69) is 9.97 Å². The summed E-state index contributed by atoms with van der Waals surface area (Å²) < 4.78 is 72.2. The third-order valence-corrected chi connectivity index (χ3v) is 7.24. The first kappa shape index (κ1) is 24.4. The molecule has 2 amide bonds. The van der Waals surface area contributed by atoms with Crippen LogP contribution in [-0.4, -0.2) is 46.0 Å². The number of nitrogens with zero attached hydrogens (tertiary/aromatic N) is 4. The van der Waals surface area contributed by atoms with E-state index >= 15 is 0 Å². The molecule has 1 aliphatic rings. The lowest BCUT2D eigenvalue weighted by Crippen LogP contribution is -2.43. The highest BCUT2D eigenvalue weighted by Gasteiger charge is 2.39. The van der Waals surface area contributed by atoms with Gasteiger partial charge in [0.25, 0.3) is 11.8 Å². The predicted molar refractivity (Wildman–Crippen MR) is 117 cm³/mol. The molecule has 0 saturated carbocycles. The number of aromatic nitrogens is 3. The van der Waals surface area contributed by atoms with E-state index in [-0.39, 0.29) is 45.8 Å². The van der Waals surface area contributed by atoms with E-state index in [1.165, 1.54) is 43.5 Å². The number of halogens is 3. The van der Waals surface area contributed by atoms with Gasteiger partial charge in [-0.15, -0.1) is 0 Å². The molecular weight excluding hydrogens is 491 g/mol. The lowest BCUT2D eigenvalue weighted by Gasteiger charge is -2.22. The minimum absolute atomic E-state index is 0.0622. The van der Waals surface area contributed by atoms with Crippen LogP contribution in [0.1, 0.15) is 42.4 Å². The number of sulfone groups is 1. The largest absolute Gasteiger partial charge is 0.476 e. The zero-order valence-corrected chi connectivity index (χ0v) is 19.6. The van der Waals surface area contributed by atoms with Gasteiger partial charge in [-0.2, -0.15) is 13.2 Å². The fourth-order valence-corrected chi connectivity index (χ4v) is 4.65. The molecule has 1 aliphatic heterocycles. The summed E-state index contributed by atoms with van der Waals surface area (Å²) in [5.41, 5.74) is 2.73. The number of amides is 2. The molecule has 0 saturated heterocycles. The van der Waals surface area contributed by atoms with Gasteiger partial charge in [0.2, 0.25) is 0 Å². The number of alkyl halides is 3. The number of hydrogen-bond donors (Lipinski definition) is 1. The second kappa shape index (κ2) is 7.93. The van der Waals surface area contributed by atoms with Gasteiger partial charge in [0.15, 0.2) is 26.3 Å². The van der Waals surface area contributed by atoms with E-state index in [1.54, 1.807) is 0 Å². The fourth-order valence-electron chi connectivity index (χ4n) is 3.50. The van der Waals surface area contributed by atoms with Crippen molar-refractivity contribution >= 4 is 33.1 Å². The SMILES string of the molecule is CCS(=O)(=O)c1c(N2Cc3ncc(C(F)(F)F)cc3C2=O)nc2ccc(OC(C)(C)C(N)=O)cn12. The summed E-state index contributed by atoms with van der Waals surface area (Å²) in [6.45, 7) is 4.00. The van der Waals surface area contributed by atoms with Crippen molar-refractivity contribution in [3.8, 4) is 5.75 Å². The van der Waals surface area contributed by atoms with Gasteiger partial charge in [-0.3, -0.25) is 23.9 Å². The summed E-state index contributed by atoms with van der Waals surface area (Å²) >= 11 is 0. The first-order valence-electron chi connectivity index (χ1n) is 10.3. The predicted octanol–water partition coefficient (Wildman–Crippen LogP) is 2.34. The average Bonchev–Trinajstić information content (AvgIpc) is 3.30. The Bertz CT molecular complexity index is 1480. The number of nitrogens with two attached hydrogens (primary N) is 1. The average molecular weight is 511 g/mol. The quantitative estimate of drug-likeness (QED) is 0.536. The normalized spacial score (nSPS) is 14.5. The molecule has 3 aromatic rings. The molecule has 0 fully saturated rings. The summed E-state index contributed by atoms with van der Waals surface area (Å²) in [7, 11) is -4.01. The highest BCUT2D eigenvalue weighted by Crippen LogP contribution is 2.36. The van der Waals surface area contributed by atoms with Gasteiger partial charge in [0, 0.05) is 6.20 Å². The lowest BCUT2D eigenvalue weighted by molar-refractivity contribution is -0.137. The van der Waals surface area contributed by atoms with Crippen LogP contribution in [0.15, 0.2) is 35.6 Å². The summed E-state index contributed by atoms with van der Waals surface area (Å²) in [5, 5.41) is -0.352. The van der Waals surface area contributed by atoms with Crippen LogP contribution in [0, 0.1) is 0 Å². The highest BCUT2D eigenvalue weighted by molar-refractivity contribution is 7.91. The van der Waals surface area contributed by atoms with Crippen LogP contribution in [0.5, 0.6) is 5.75 Å². The zero-order chi connectivity index (χ0) is 25.9.